The van der Waals surface area contributed by atoms with Crippen LogP contribution in [0.1, 0.15) is 11.3 Å². The molecule has 1 aliphatic heterocycles. The highest BCUT2D eigenvalue weighted by molar-refractivity contribution is 7.09. The molecule has 0 radical (unpaired) electrons. The molecule has 14 heavy (non-hydrogen) atoms. The maximum atomic E-state index is 9.94. The molecule has 1 saturated heterocycles. The molecule has 0 aromatic carbocycles. The number of hydrogen-bond acceptors (Lipinski definition) is 4. The highest BCUT2D eigenvalue weighted by atomic mass is 32.1. The van der Waals surface area contributed by atoms with Gasteiger partial charge in [-0.25, -0.2) is 0 Å². The summed E-state index contributed by atoms with van der Waals surface area (Å²) in [7, 11) is 0. The number of thiophene rings is 1. The van der Waals surface area contributed by atoms with E-state index in [1.165, 1.54) is 4.88 Å². The quantitative estimate of drug-likeness (QED) is 0.783. The Morgan fingerprint density at radius 3 is 3.21 bits per heavy atom. The van der Waals surface area contributed by atoms with Crippen molar-refractivity contribution in [2.45, 2.75) is 18.6 Å². The second-order valence-corrected chi connectivity index (χ2v) is 4.74. The van der Waals surface area contributed by atoms with Crippen LogP contribution in [0.25, 0.3) is 0 Å². The third-order valence-electron chi connectivity index (χ3n) is 2.42. The van der Waals surface area contributed by atoms with E-state index in [0.717, 1.165) is 13.0 Å². The SMILES string of the molecule is OC1(CNCc2cccs2)CCOC1. The van der Waals surface area contributed by atoms with Crippen LogP contribution in [0.5, 0.6) is 0 Å². The van der Waals surface area contributed by atoms with Crippen LogP contribution in [-0.2, 0) is 11.3 Å². The third kappa shape index (κ3) is 2.54. The molecule has 0 spiro atoms. The van der Waals surface area contributed by atoms with Crippen molar-refractivity contribution in [3.63, 3.8) is 0 Å². The van der Waals surface area contributed by atoms with E-state index in [1.54, 1.807) is 11.3 Å². The van der Waals surface area contributed by atoms with Crippen molar-refractivity contribution in [2.24, 2.45) is 0 Å². The van der Waals surface area contributed by atoms with Gasteiger partial charge < -0.3 is 15.2 Å². The number of nitrogens with one attached hydrogen (secondary N) is 1. The van der Waals surface area contributed by atoms with Crippen molar-refractivity contribution < 1.29 is 9.84 Å². The van der Waals surface area contributed by atoms with E-state index in [1.807, 2.05) is 6.07 Å². The Hall–Kier alpha value is -0.420. The van der Waals surface area contributed by atoms with Crippen LogP contribution >= 0.6 is 11.3 Å². The highest BCUT2D eigenvalue weighted by Gasteiger charge is 2.31. The Labute approximate surface area is 87.7 Å². The molecule has 2 heterocycles. The second-order valence-electron chi connectivity index (χ2n) is 3.71. The molecule has 0 saturated carbocycles. The van der Waals surface area contributed by atoms with Crippen molar-refractivity contribution in [2.75, 3.05) is 19.8 Å². The van der Waals surface area contributed by atoms with Gasteiger partial charge >= 0.3 is 0 Å². The molecule has 1 unspecified atom stereocenters. The summed E-state index contributed by atoms with van der Waals surface area (Å²) in [4.78, 5) is 1.30. The van der Waals surface area contributed by atoms with Gasteiger partial charge in [0.05, 0.1) is 6.61 Å². The molecule has 2 rings (SSSR count). The standard InChI is InChI=1S/C10H15NO2S/c12-10(3-4-13-8-10)7-11-6-9-2-1-5-14-9/h1-2,5,11-12H,3-4,6-8H2. The van der Waals surface area contributed by atoms with Crippen LogP contribution in [0.2, 0.25) is 0 Å². The van der Waals surface area contributed by atoms with Crippen molar-refractivity contribution in [1.82, 2.24) is 5.32 Å². The van der Waals surface area contributed by atoms with Crippen molar-refractivity contribution in [1.29, 1.82) is 0 Å². The lowest BCUT2D eigenvalue weighted by Gasteiger charge is -2.20. The van der Waals surface area contributed by atoms with Gasteiger partial charge in [-0.05, 0) is 11.4 Å². The molecule has 0 aliphatic carbocycles. The van der Waals surface area contributed by atoms with Crippen LogP contribution in [0, 0.1) is 0 Å². The summed E-state index contributed by atoms with van der Waals surface area (Å²) in [6, 6.07) is 4.13. The van der Waals surface area contributed by atoms with Gasteiger partial charge in [-0.3, -0.25) is 0 Å². The fraction of sp³-hybridized carbons (Fsp3) is 0.600. The molecule has 1 atom stereocenters. The van der Waals surface area contributed by atoms with Gasteiger partial charge in [-0.2, -0.15) is 0 Å². The lowest BCUT2D eigenvalue weighted by atomic mass is 10.0. The Kier molecular flexibility index (Phi) is 3.18. The van der Waals surface area contributed by atoms with E-state index in [4.69, 9.17) is 4.74 Å². The smallest absolute Gasteiger partial charge is 0.103 e. The normalized spacial score (nSPS) is 26.9. The maximum Gasteiger partial charge on any atom is 0.103 e. The molecule has 78 valence electrons. The van der Waals surface area contributed by atoms with Crippen molar-refractivity contribution in [3.05, 3.63) is 22.4 Å². The second kappa shape index (κ2) is 4.40. The first-order chi connectivity index (χ1) is 6.79. The van der Waals surface area contributed by atoms with E-state index >= 15 is 0 Å². The fourth-order valence-corrected chi connectivity index (χ4v) is 2.24. The highest BCUT2D eigenvalue weighted by Crippen LogP contribution is 2.17. The zero-order valence-corrected chi connectivity index (χ0v) is 8.85. The topological polar surface area (TPSA) is 41.5 Å². The fourth-order valence-electron chi connectivity index (χ4n) is 1.57. The molecule has 3 nitrogen and oxygen atoms in total. The van der Waals surface area contributed by atoms with Gasteiger partial charge in [0.2, 0.25) is 0 Å². The molecular formula is C10H15NO2S. The summed E-state index contributed by atoms with van der Waals surface area (Å²) >= 11 is 1.73. The first kappa shape index (κ1) is 10.1. The summed E-state index contributed by atoms with van der Waals surface area (Å²) < 4.78 is 5.16. The minimum absolute atomic E-state index is 0.463. The van der Waals surface area contributed by atoms with Gasteiger partial charge in [-0.15, -0.1) is 11.3 Å². The Balaban J connectivity index is 1.72. The monoisotopic (exact) mass is 213 g/mol. The first-order valence-corrected chi connectivity index (χ1v) is 5.70. The van der Waals surface area contributed by atoms with Crippen LogP contribution in [0.15, 0.2) is 17.5 Å². The van der Waals surface area contributed by atoms with Gasteiger partial charge in [0.1, 0.15) is 5.60 Å². The van der Waals surface area contributed by atoms with Gasteiger partial charge in [-0.1, -0.05) is 6.07 Å². The molecule has 1 fully saturated rings. The number of aliphatic hydroxyl groups is 1. The minimum atomic E-state index is -0.642. The molecule has 0 amide bonds. The lowest BCUT2D eigenvalue weighted by molar-refractivity contribution is 0.0269. The molecular weight excluding hydrogens is 198 g/mol. The first-order valence-electron chi connectivity index (χ1n) is 4.82. The molecule has 1 aliphatic rings. The molecule has 1 aromatic rings. The summed E-state index contributed by atoms with van der Waals surface area (Å²) in [6.07, 6.45) is 0.741. The summed E-state index contributed by atoms with van der Waals surface area (Å²) in [5.41, 5.74) is -0.642. The Morgan fingerprint density at radius 2 is 2.57 bits per heavy atom. The maximum absolute atomic E-state index is 9.94. The summed E-state index contributed by atoms with van der Waals surface area (Å²) in [5, 5.41) is 15.2. The van der Waals surface area contributed by atoms with Crippen LogP contribution < -0.4 is 5.32 Å². The van der Waals surface area contributed by atoms with Gasteiger partial charge in [0.15, 0.2) is 0 Å². The van der Waals surface area contributed by atoms with Crippen LogP contribution in [0.4, 0.5) is 0 Å². The molecule has 2 N–H and O–H groups in total. The minimum Gasteiger partial charge on any atom is -0.386 e. The van der Waals surface area contributed by atoms with Gasteiger partial charge in [0.25, 0.3) is 0 Å². The third-order valence-corrected chi connectivity index (χ3v) is 3.29. The predicted octanol–water partition coefficient (Wildman–Crippen LogP) is 0.989. The zero-order valence-electron chi connectivity index (χ0n) is 8.03. The Bertz CT molecular complexity index is 268. The Morgan fingerprint density at radius 1 is 1.64 bits per heavy atom. The van der Waals surface area contributed by atoms with Gasteiger partial charge in [0, 0.05) is 31.0 Å². The van der Waals surface area contributed by atoms with Crippen LogP contribution in [-0.4, -0.2) is 30.5 Å². The average Bonchev–Trinajstić information content (AvgIpc) is 2.77. The summed E-state index contributed by atoms with van der Waals surface area (Å²) in [6.45, 7) is 2.59. The summed E-state index contributed by atoms with van der Waals surface area (Å²) in [5.74, 6) is 0. The van der Waals surface area contributed by atoms with E-state index in [9.17, 15) is 5.11 Å². The molecule has 4 heteroatoms. The van der Waals surface area contributed by atoms with E-state index in [2.05, 4.69) is 16.8 Å². The average molecular weight is 213 g/mol. The van der Waals surface area contributed by atoms with Crippen LogP contribution in [0.3, 0.4) is 0 Å². The molecule has 1 aromatic heterocycles. The lowest BCUT2D eigenvalue weighted by Crippen LogP contribution is -2.40. The number of hydrogen-bond donors (Lipinski definition) is 2. The van der Waals surface area contributed by atoms with E-state index in [0.29, 0.717) is 19.8 Å². The molecule has 0 bridgehead atoms. The van der Waals surface area contributed by atoms with E-state index < -0.39 is 5.60 Å². The zero-order chi connectivity index (χ0) is 9.86. The predicted molar refractivity (Wildman–Crippen MR) is 56.4 cm³/mol. The number of rotatable bonds is 4. The van der Waals surface area contributed by atoms with E-state index in [-0.39, 0.29) is 0 Å². The largest absolute Gasteiger partial charge is 0.386 e. The van der Waals surface area contributed by atoms with Crippen molar-refractivity contribution in [3.8, 4) is 0 Å². The number of ether oxygens (including phenoxy) is 1. The van der Waals surface area contributed by atoms with Crippen molar-refractivity contribution >= 4 is 11.3 Å².